The van der Waals surface area contributed by atoms with Gasteiger partial charge in [-0.2, -0.15) is 4.98 Å². The highest BCUT2D eigenvalue weighted by Gasteiger charge is 2.65. The second-order valence-corrected chi connectivity index (χ2v) is 8.28. The second-order valence-electron chi connectivity index (χ2n) is 8.28. The summed E-state index contributed by atoms with van der Waals surface area (Å²) in [7, 11) is 0. The molecule has 5 rings (SSSR count). The molecule has 3 aliphatic rings. The third-order valence-corrected chi connectivity index (χ3v) is 6.34. The molecular weight excluding hydrogens is 376 g/mol. The third-order valence-electron chi connectivity index (χ3n) is 6.34. The zero-order valence-corrected chi connectivity index (χ0v) is 16.5. The zero-order chi connectivity index (χ0) is 20.2. The summed E-state index contributed by atoms with van der Waals surface area (Å²) in [6.45, 7) is 5.35. The van der Waals surface area contributed by atoms with Crippen molar-refractivity contribution in [3.05, 3.63) is 24.3 Å². The molecule has 3 aliphatic heterocycles. The van der Waals surface area contributed by atoms with Gasteiger partial charge in [0, 0.05) is 25.8 Å². The first kappa shape index (κ1) is 18.4. The first-order chi connectivity index (χ1) is 14.0. The van der Waals surface area contributed by atoms with Crippen molar-refractivity contribution < 1.29 is 23.3 Å². The van der Waals surface area contributed by atoms with Gasteiger partial charge in [0.05, 0.1) is 31.4 Å². The van der Waals surface area contributed by atoms with Crippen molar-refractivity contribution >= 4 is 11.8 Å². The maximum absolute atomic E-state index is 12.9. The fourth-order valence-corrected chi connectivity index (χ4v) is 4.89. The van der Waals surface area contributed by atoms with Gasteiger partial charge in [0.15, 0.2) is 11.5 Å². The first-order valence-electron chi connectivity index (χ1n) is 10.1. The molecule has 29 heavy (non-hydrogen) atoms. The van der Waals surface area contributed by atoms with Gasteiger partial charge in [0.1, 0.15) is 0 Å². The predicted molar refractivity (Wildman–Crippen MR) is 99.2 cm³/mol. The lowest BCUT2D eigenvalue weighted by Gasteiger charge is -2.34. The normalized spacial score (nSPS) is 28.4. The van der Waals surface area contributed by atoms with E-state index in [1.54, 1.807) is 18.4 Å². The largest absolute Gasteiger partial charge is 0.461 e. The van der Waals surface area contributed by atoms with Gasteiger partial charge in [-0.05, 0) is 18.1 Å². The third kappa shape index (κ3) is 2.78. The molecule has 1 spiro atoms. The van der Waals surface area contributed by atoms with E-state index in [9.17, 15) is 9.59 Å². The molecule has 0 bridgehead atoms. The van der Waals surface area contributed by atoms with Crippen molar-refractivity contribution in [2.24, 2.45) is 5.92 Å². The number of carbonyl (C=O) groups excluding carboxylic acids is 2. The number of nitrogens with zero attached hydrogens (tertiary/aromatic N) is 4. The molecular formula is C20H24N4O5. The summed E-state index contributed by atoms with van der Waals surface area (Å²) >= 11 is 0. The number of amides is 2. The van der Waals surface area contributed by atoms with E-state index in [0.29, 0.717) is 55.8 Å². The van der Waals surface area contributed by atoms with E-state index in [1.807, 2.05) is 9.80 Å². The summed E-state index contributed by atoms with van der Waals surface area (Å²) in [5.41, 5.74) is -0.640. The number of rotatable bonds is 5. The Labute approximate surface area is 168 Å². The molecule has 2 aromatic rings. The molecule has 2 aromatic heterocycles. The fourth-order valence-electron chi connectivity index (χ4n) is 4.89. The molecule has 0 N–H and O–H groups in total. The number of ether oxygens (including phenoxy) is 1. The summed E-state index contributed by atoms with van der Waals surface area (Å²) in [4.78, 5) is 33.7. The molecule has 0 aromatic carbocycles. The minimum absolute atomic E-state index is 0.0177. The predicted octanol–water partition coefficient (Wildman–Crippen LogP) is 1.85. The average Bonchev–Trinajstić information content (AvgIpc) is 3.48. The van der Waals surface area contributed by atoms with Crippen LogP contribution in [0.2, 0.25) is 0 Å². The topological polar surface area (TPSA) is 102 Å². The number of likely N-dealkylation sites (tertiary alicyclic amines) is 1. The highest BCUT2D eigenvalue weighted by molar-refractivity contribution is 5.85. The molecule has 5 heterocycles. The smallest absolute Gasteiger partial charge is 0.238 e. The van der Waals surface area contributed by atoms with Gasteiger partial charge in [-0.15, -0.1) is 0 Å². The Hall–Kier alpha value is -2.68. The van der Waals surface area contributed by atoms with Crippen LogP contribution in [0.3, 0.4) is 0 Å². The fraction of sp³-hybridized carbons (Fsp3) is 0.600. The molecule has 9 nitrogen and oxygen atoms in total. The van der Waals surface area contributed by atoms with Gasteiger partial charge < -0.3 is 23.5 Å². The molecule has 2 amide bonds. The Bertz CT molecular complexity index is 923. The molecule has 0 unspecified atom stereocenters. The quantitative estimate of drug-likeness (QED) is 0.755. The van der Waals surface area contributed by atoms with E-state index in [1.165, 1.54) is 0 Å². The van der Waals surface area contributed by atoms with E-state index < -0.39 is 5.72 Å². The van der Waals surface area contributed by atoms with Crippen molar-refractivity contribution in [2.45, 2.75) is 57.3 Å². The Morgan fingerprint density at radius 1 is 1.41 bits per heavy atom. The van der Waals surface area contributed by atoms with Crippen molar-refractivity contribution in [1.29, 1.82) is 0 Å². The van der Waals surface area contributed by atoms with E-state index in [2.05, 4.69) is 24.0 Å². The minimum Gasteiger partial charge on any atom is -0.461 e. The highest BCUT2D eigenvalue weighted by Crippen LogP contribution is 2.48. The summed E-state index contributed by atoms with van der Waals surface area (Å²) in [6.07, 6.45) is 3.13. The summed E-state index contributed by atoms with van der Waals surface area (Å²) < 4.78 is 16.7. The number of hydrogen-bond donors (Lipinski definition) is 0. The lowest BCUT2D eigenvalue weighted by Crippen LogP contribution is -2.51. The molecule has 154 valence electrons. The molecule has 9 heteroatoms. The minimum atomic E-state index is -0.640. The maximum atomic E-state index is 12.9. The van der Waals surface area contributed by atoms with Gasteiger partial charge in [0.25, 0.3) is 0 Å². The number of aryl methyl sites for hydroxylation is 1. The van der Waals surface area contributed by atoms with Gasteiger partial charge >= 0.3 is 0 Å². The summed E-state index contributed by atoms with van der Waals surface area (Å²) in [6, 6.07) is 3.37. The second kappa shape index (κ2) is 6.69. The lowest BCUT2D eigenvalue weighted by atomic mass is 10.0. The Balaban J connectivity index is 1.26. The van der Waals surface area contributed by atoms with E-state index in [0.717, 1.165) is 0 Å². The first-order valence-corrected chi connectivity index (χ1v) is 10.1. The van der Waals surface area contributed by atoms with Crippen molar-refractivity contribution in [3.8, 4) is 11.6 Å². The zero-order valence-electron chi connectivity index (χ0n) is 16.5. The molecule has 3 atom stereocenters. The number of carbonyl (C=O) groups is 2. The van der Waals surface area contributed by atoms with Gasteiger partial charge in [-0.3, -0.25) is 9.59 Å². The van der Waals surface area contributed by atoms with Gasteiger partial charge in [-0.25, -0.2) is 0 Å². The van der Waals surface area contributed by atoms with Crippen LogP contribution in [0.1, 0.15) is 39.0 Å². The van der Waals surface area contributed by atoms with E-state index >= 15 is 0 Å². The lowest BCUT2D eigenvalue weighted by molar-refractivity contribution is -0.141. The summed E-state index contributed by atoms with van der Waals surface area (Å²) in [5.74, 6) is 1.67. The average molecular weight is 400 g/mol. The Morgan fingerprint density at radius 3 is 3.03 bits per heavy atom. The van der Waals surface area contributed by atoms with Crippen molar-refractivity contribution in [1.82, 2.24) is 19.9 Å². The Kier molecular flexibility index (Phi) is 4.23. The number of aromatic nitrogens is 2. The molecule has 0 radical (unpaired) electrons. The monoisotopic (exact) mass is 400 g/mol. The van der Waals surface area contributed by atoms with Gasteiger partial charge in [0.2, 0.25) is 23.5 Å². The molecule has 0 aliphatic carbocycles. The Morgan fingerprint density at radius 2 is 2.28 bits per heavy atom. The summed E-state index contributed by atoms with van der Waals surface area (Å²) in [5, 5.41) is 3.89. The number of furan rings is 1. The van der Waals surface area contributed by atoms with E-state index in [4.69, 9.17) is 13.7 Å². The molecule has 0 saturated carbocycles. The van der Waals surface area contributed by atoms with Gasteiger partial charge in [-0.1, -0.05) is 19.0 Å². The molecule has 3 fully saturated rings. The van der Waals surface area contributed by atoms with Crippen molar-refractivity contribution in [3.63, 3.8) is 0 Å². The van der Waals surface area contributed by atoms with Crippen LogP contribution in [-0.2, 0) is 20.7 Å². The SMILES string of the molecule is CC(C)[C@@H]1CO[C@@]23CCN(C(=O)CCc4nc(-c5ccco5)no4)[C@@H]2CC(=O)N13. The highest BCUT2D eigenvalue weighted by atomic mass is 16.5. The van der Waals surface area contributed by atoms with Crippen LogP contribution >= 0.6 is 0 Å². The molecule has 3 saturated heterocycles. The van der Waals surface area contributed by atoms with Crippen LogP contribution in [0.15, 0.2) is 27.3 Å². The van der Waals surface area contributed by atoms with Crippen LogP contribution in [-0.4, -0.2) is 62.7 Å². The van der Waals surface area contributed by atoms with E-state index in [-0.39, 0.29) is 30.3 Å². The van der Waals surface area contributed by atoms with Crippen LogP contribution in [0, 0.1) is 5.92 Å². The van der Waals surface area contributed by atoms with Crippen LogP contribution < -0.4 is 0 Å². The number of hydrogen-bond acceptors (Lipinski definition) is 7. The maximum Gasteiger partial charge on any atom is 0.238 e. The standard InChI is InChI=1S/C20H24N4O5/c1-12(2)13-11-28-20-7-8-23(15(20)10-18(26)24(13)20)17(25)6-5-16-21-19(22-29-16)14-4-3-9-27-14/h3-4,9,12-13,15H,5-8,10-11H2,1-2H3/t13-,15+,20-/m0/s1. The van der Waals surface area contributed by atoms with Crippen molar-refractivity contribution in [2.75, 3.05) is 13.2 Å². The van der Waals surface area contributed by atoms with Crippen LogP contribution in [0.4, 0.5) is 0 Å². The van der Waals surface area contributed by atoms with Crippen LogP contribution in [0.25, 0.3) is 11.6 Å². The van der Waals surface area contributed by atoms with Crippen LogP contribution in [0.5, 0.6) is 0 Å².